The molecule has 1 aromatic heterocycles. The maximum atomic E-state index is 6.18. The topological polar surface area (TPSA) is 69.9 Å². The summed E-state index contributed by atoms with van der Waals surface area (Å²) in [5.74, 6) is 7.91. The van der Waals surface area contributed by atoms with E-state index in [9.17, 15) is 0 Å². The summed E-state index contributed by atoms with van der Waals surface area (Å²) in [7, 11) is 0. The van der Waals surface area contributed by atoms with Gasteiger partial charge < -0.3 is 11.6 Å². The van der Waals surface area contributed by atoms with E-state index in [1.807, 2.05) is 25.1 Å². The van der Waals surface area contributed by atoms with Gasteiger partial charge in [-0.2, -0.15) is 0 Å². The minimum Gasteiger partial charge on any atom is -0.382 e. The fraction of sp³-hybridized carbons (Fsp3) is 0.400. The van der Waals surface area contributed by atoms with Crippen LogP contribution < -0.4 is 11.6 Å². The molecular formula is C15H19ClN4. The van der Waals surface area contributed by atoms with Crippen molar-refractivity contribution in [2.24, 2.45) is 0 Å². The number of aryl methyl sites for hydroxylation is 1. The molecule has 1 heterocycles. The first-order chi connectivity index (χ1) is 9.58. The summed E-state index contributed by atoms with van der Waals surface area (Å²) in [6, 6.07) is 5.86. The molecule has 0 bridgehead atoms. The van der Waals surface area contributed by atoms with Crippen molar-refractivity contribution in [2.75, 3.05) is 11.6 Å². The van der Waals surface area contributed by atoms with Gasteiger partial charge in [-0.05, 0) is 31.4 Å². The van der Waals surface area contributed by atoms with Gasteiger partial charge in [0, 0.05) is 16.5 Å². The molecule has 0 atom stereocenters. The van der Waals surface area contributed by atoms with Crippen LogP contribution in [0.2, 0.25) is 5.02 Å². The molecule has 2 aromatic rings. The third kappa shape index (κ3) is 2.14. The molecule has 0 amide bonds. The smallest absolute Gasteiger partial charge is 0.150 e. The fourth-order valence-electron chi connectivity index (χ4n) is 2.89. The maximum Gasteiger partial charge on any atom is 0.150 e. The Balaban J connectivity index is 2.05. The number of imidazole rings is 1. The van der Waals surface area contributed by atoms with Gasteiger partial charge in [-0.25, -0.2) is 9.66 Å². The van der Waals surface area contributed by atoms with Crippen LogP contribution in [0.3, 0.4) is 0 Å². The third-order valence-corrected chi connectivity index (χ3v) is 4.55. The minimum atomic E-state index is 0.428. The van der Waals surface area contributed by atoms with E-state index in [0.29, 0.717) is 11.7 Å². The molecular weight excluding hydrogens is 272 g/mol. The molecule has 0 spiro atoms. The third-order valence-electron chi connectivity index (χ3n) is 4.14. The lowest BCUT2D eigenvalue weighted by molar-refractivity contribution is 0.648. The van der Waals surface area contributed by atoms with Crippen LogP contribution in [0, 0.1) is 6.92 Å². The maximum absolute atomic E-state index is 6.18. The molecule has 1 fully saturated rings. The molecule has 4 N–H and O–H groups in total. The summed E-state index contributed by atoms with van der Waals surface area (Å²) < 4.78 is 1.54. The van der Waals surface area contributed by atoms with Crippen molar-refractivity contribution >= 4 is 17.4 Å². The number of hydrogen-bond donors (Lipinski definition) is 2. The van der Waals surface area contributed by atoms with Crippen molar-refractivity contribution in [3.63, 3.8) is 0 Å². The highest BCUT2D eigenvalue weighted by atomic mass is 35.5. The second-order valence-electron chi connectivity index (χ2n) is 5.52. The zero-order valence-electron chi connectivity index (χ0n) is 11.6. The van der Waals surface area contributed by atoms with Crippen molar-refractivity contribution in [3.05, 3.63) is 34.6 Å². The van der Waals surface area contributed by atoms with Crippen LogP contribution in [0.5, 0.6) is 0 Å². The van der Waals surface area contributed by atoms with Crippen LogP contribution in [-0.2, 0) is 0 Å². The summed E-state index contributed by atoms with van der Waals surface area (Å²) in [5, 5.41) is 0.718. The highest BCUT2D eigenvalue weighted by molar-refractivity contribution is 6.31. The SMILES string of the molecule is Cc1ccc(-c2nc(C3CCCC3)n(N)c2N)cc1Cl. The van der Waals surface area contributed by atoms with Gasteiger partial charge in [0.25, 0.3) is 0 Å². The lowest BCUT2D eigenvalue weighted by atomic mass is 10.1. The second kappa shape index (κ2) is 5.02. The number of nitrogen functional groups attached to an aromatic ring is 2. The Labute approximate surface area is 123 Å². The molecule has 0 unspecified atom stereocenters. The van der Waals surface area contributed by atoms with Gasteiger partial charge in [0.05, 0.1) is 0 Å². The average molecular weight is 291 g/mol. The molecule has 106 valence electrons. The van der Waals surface area contributed by atoms with E-state index in [4.69, 9.17) is 23.2 Å². The van der Waals surface area contributed by atoms with Gasteiger partial charge in [-0.1, -0.05) is 36.6 Å². The number of rotatable bonds is 2. The zero-order chi connectivity index (χ0) is 14.3. The molecule has 1 aliphatic rings. The van der Waals surface area contributed by atoms with Crippen LogP contribution in [-0.4, -0.2) is 9.66 Å². The Morgan fingerprint density at radius 1 is 1.30 bits per heavy atom. The van der Waals surface area contributed by atoms with Crippen LogP contribution in [0.25, 0.3) is 11.3 Å². The highest BCUT2D eigenvalue weighted by Crippen LogP contribution is 2.36. The molecule has 0 radical (unpaired) electrons. The molecule has 1 aliphatic carbocycles. The van der Waals surface area contributed by atoms with Gasteiger partial charge >= 0.3 is 0 Å². The number of nitrogens with two attached hydrogens (primary N) is 2. The molecule has 1 aromatic carbocycles. The first-order valence-corrected chi connectivity index (χ1v) is 7.35. The largest absolute Gasteiger partial charge is 0.382 e. The van der Waals surface area contributed by atoms with Crippen LogP contribution in [0.15, 0.2) is 18.2 Å². The van der Waals surface area contributed by atoms with Crippen LogP contribution in [0.4, 0.5) is 5.82 Å². The van der Waals surface area contributed by atoms with E-state index < -0.39 is 0 Å². The number of nitrogens with zero attached hydrogens (tertiary/aromatic N) is 2. The Hall–Kier alpha value is -1.68. The molecule has 1 saturated carbocycles. The summed E-state index contributed by atoms with van der Waals surface area (Å²) >= 11 is 6.18. The first kappa shape index (κ1) is 13.3. The molecule has 5 heteroatoms. The Morgan fingerprint density at radius 3 is 2.65 bits per heavy atom. The van der Waals surface area contributed by atoms with Crippen LogP contribution in [0.1, 0.15) is 43.0 Å². The van der Waals surface area contributed by atoms with Crippen molar-refractivity contribution in [1.82, 2.24) is 9.66 Å². The number of halogens is 1. The van der Waals surface area contributed by atoms with Gasteiger partial charge in [0.2, 0.25) is 0 Å². The van der Waals surface area contributed by atoms with Gasteiger partial charge in [0.15, 0.2) is 5.82 Å². The summed E-state index contributed by atoms with van der Waals surface area (Å²) in [5.41, 5.74) is 8.81. The number of benzene rings is 1. The van der Waals surface area contributed by atoms with E-state index in [-0.39, 0.29) is 0 Å². The van der Waals surface area contributed by atoms with E-state index >= 15 is 0 Å². The number of hydrogen-bond acceptors (Lipinski definition) is 3. The summed E-state index contributed by atoms with van der Waals surface area (Å²) in [4.78, 5) is 4.69. The van der Waals surface area contributed by atoms with E-state index in [0.717, 1.165) is 40.5 Å². The van der Waals surface area contributed by atoms with Gasteiger partial charge in [0.1, 0.15) is 11.5 Å². The Morgan fingerprint density at radius 2 is 2.00 bits per heavy atom. The fourth-order valence-corrected chi connectivity index (χ4v) is 3.07. The van der Waals surface area contributed by atoms with E-state index in [2.05, 4.69) is 4.98 Å². The minimum absolute atomic E-state index is 0.428. The van der Waals surface area contributed by atoms with Gasteiger partial charge in [-0.15, -0.1) is 0 Å². The first-order valence-electron chi connectivity index (χ1n) is 6.97. The zero-order valence-corrected chi connectivity index (χ0v) is 12.3. The van der Waals surface area contributed by atoms with Crippen molar-refractivity contribution in [2.45, 2.75) is 38.5 Å². The van der Waals surface area contributed by atoms with E-state index in [1.54, 1.807) is 4.68 Å². The average Bonchev–Trinajstić information content (AvgIpc) is 3.04. The molecule has 20 heavy (non-hydrogen) atoms. The summed E-state index contributed by atoms with van der Waals surface area (Å²) in [6.07, 6.45) is 4.76. The lowest BCUT2D eigenvalue weighted by Gasteiger charge is -2.08. The molecule has 0 aliphatic heterocycles. The van der Waals surface area contributed by atoms with E-state index in [1.165, 1.54) is 12.8 Å². The Bertz CT molecular complexity index is 642. The normalized spacial score (nSPS) is 15.9. The van der Waals surface area contributed by atoms with Crippen LogP contribution >= 0.6 is 11.6 Å². The number of anilines is 1. The quantitative estimate of drug-likeness (QED) is 0.832. The van der Waals surface area contributed by atoms with Crippen molar-refractivity contribution in [3.8, 4) is 11.3 Å². The predicted molar refractivity (Wildman–Crippen MR) is 83.2 cm³/mol. The molecule has 4 nitrogen and oxygen atoms in total. The predicted octanol–water partition coefficient (Wildman–Crippen LogP) is 3.47. The molecule has 3 rings (SSSR count). The second-order valence-corrected chi connectivity index (χ2v) is 5.93. The standard InChI is InChI=1S/C15H19ClN4/c1-9-6-7-11(8-12(9)16)13-14(17)20(18)15(19-13)10-4-2-3-5-10/h6-8,10H,2-5,17-18H2,1H3. The number of aromatic nitrogens is 2. The highest BCUT2D eigenvalue weighted by Gasteiger charge is 2.25. The lowest BCUT2D eigenvalue weighted by Crippen LogP contribution is -2.17. The van der Waals surface area contributed by atoms with Gasteiger partial charge in [-0.3, -0.25) is 0 Å². The van der Waals surface area contributed by atoms with Crippen molar-refractivity contribution in [1.29, 1.82) is 0 Å². The summed E-state index contributed by atoms with van der Waals surface area (Å²) in [6.45, 7) is 1.97. The molecule has 0 saturated heterocycles. The van der Waals surface area contributed by atoms with Crippen molar-refractivity contribution < 1.29 is 0 Å². The monoisotopic (exact) mass is 290 g/mol. The Kier molecular flexibility index (Phi) is 3.34.